The molecule has 1 heterocycles. The number of aromatic nitrogens is 1. The maximum atomic E-state index is 12.6. The molecule has 0 aliphatic rings. The second-order valence-electron chi connectivity index (χ2n) is 2.86. The fourth-order valence-corrected chi connectivity index (χ4v) is 1.27. The number of hydrogen-bond donors (Lipinski definition) is 1. The zero-order valence-electron chi connectivity index (χ0n) is 8.13. The van der Waals surface area contributed by atoms with Gasteiger partial charge in [-0.05, 0) is 0 Å². The van der Waals surface area contributed by atoms with Crippen molar-refractivity contribution in [1.29, 1.82) is 0 Å². The second kappa shape index (κ2) is 4.92. The topological polar surface area (TPSA) is 59.4 Å². The van der Waals surface area contributed by atoms with Gasteiger partial charge in [0.05, 0.1) is 11.1 Å². The monoisotopic (exact) mass is 291 g/mol. The van der Waals surface area contributed by atoms with E-state index in [1.54, 1.807) is 0 Å². The van der Waals surface area contributed by atoms with Crippen molar-refractivity contribution in [1.82, 2.24) is 4.98 Å². The fraction of sp³-hybridized carbons (Fsp3) is 0.250. The lowest BCUT2D eigenvalue weighted by Crippen LogP contribution is -2.20. The highest BCUT2D eigenvalue weighted by Gasteiger charge is 2.36. The van der Waals surface area contributed by atoms with Crippen LogP contribution in [0.15, 0.2) is 6.20 Å². The van der Waals surface area contributed by atoms with Crippen LogP contribution >= 0.6 is 11.6 Å². The first-order valence-electron chi connectivity index (χ1n) is 4.09. The van der Waals surface area contributed by atoms with E-state index in [4.69, 9.17) is 16.7 Å². The van der Waals surface area contributed by atoms with E-state index >= 15 is 0 Å². The second-order valence-corrected chi connectivity index (χ2v) is 3.22. The Balaban J connectivity index is 3.46. The molecule has 18 heavy (non-hydrogen) atoms. The molecule has 0 radical (unpaired) electrons. The molecule has 10 heteroatoms. The third-order valence-corrected chi connectivity index (χ3v) is 1.96. The molecule has 4 nitrogen and oxygen atoms in total. The summed E-state index contributed by atoms with van der Waals surface area (Å²) in [6.07, 6.45) is -8.39. The van der Waals surface area contributed by atoms with Gasteiger partial charge >= 0.3 is 12.3 Å². The van der Waals surface area contributed by atoms with E-state index in [9.17, 15) is 26.7 Å². The third kappa shape index (κ3) is 3.19. The molecule has 0 spiro atoms. The number of nitrogens with zero attached hydrogens (tertiary/aromatic N) is 1. The highest BCUT2D eigenvalue weighted by Crippen LogP contribution is 2.39. The molecule has 0 fully saturated rings. The molecule has 0 unspecified atom stereocenters. The summed E-state index contributed by atoms with van der Waals surface area (Å²) in [4.78, 5) is 13.7. The molecule has 1 rings (SSSR count). The van der Waals surface area contributed by atoms with Crippen molar-refractivity contribution < 1.29 is 36.6 Å². The van der Waals surface area contributed by atoms with Gasteiger partial charge in [0.2, 0.25) is 0 Å². The lowest BCUT2D eigenvalue weighted by atomic mass is 10.1. The number of ether oxygens (including phenoxy) is 1. The Hall–Kier alpha value is -1.64. The number of carboxylic acids is 1. The Morgan fingerprint density at radius 1 is 1.44 bits per heavy atom. The quantitative estimate of drug-likeness (QED) is 0.686. The standard InChI is InChI=1S/C8H3ClF5NO3/c9-5-4(18-8(12,13)14)3(6(10)11)2(1-15-5)7(16)17/h1,6H,(H,16,17). The molecule has 1 aromatic heterocycles. The fourth-order valence-electron chi connectivity index (χ4n) is 1.08. The molecular weight excluding hydrogens is 289 g/mol. The van der Waals surface area contributed by atoms with Gasteiger partial charge in [0.25, 0.3) is 6.43 Å². The number of alkyl halides is 5. The highest BCUT2D eigenvalue weighted by molar-refractivity contribution is 6.31. The summed E-state index contributed by atoms with van der Waals surface area (Å²) in [7, 11) is 0. The number of aromatic carboxylic acids is 1. The normalized spacial score (nSPS) is 11.7. The highest BCUT2D eigenvalue weighted by atomic mass is 35.5. The summed E-state index contributed by atoms with van der Waals surface area (Å²) in [6, 6.07) is 0. The molecule has 0 bridgehead atoms. The molecular formula is C8H3ClF5NO3. The summed E-state index contributed by atoms with van der Waals surface area (Å²) in [5, 5.41) is 7.57. The van der Waals surface area contributed by atoms with Gasteiger partial charge in [-0.25, -0.2) is 18.6 Å². The van der Waals surface area contributed by atoms with Crippen molar-refractivity contribution in [2.24, 2.45) is 0 Å². The lowest BCUT2D eigenvalue weighted by molar-refractivity contribution is -0.275. The van der Waals surface area contributed by atoms with E-state index in [0.717, 1.165) is 0 Å². The maximum Gasteiger partial charge on any atom is 0.573 e. The lowest BCUT2D eigenvalue weighted by Gasteiger charge is -2.15. The number of carbonyl (C=O) groups is 1. The van der Waals surface area contributed by atoms with Crippen molar-refractivity contribution in [3.8, 4) is 5.75 Å². The summed E-state index contributed by atoms with van der Waals surface area (Å²) >= 11 is 5.19. The van der Waals surface area contributed by atoms with Gasteiger partial charge in [-0.3, -0.25) is 0 Å². The summed E-state index contributed by atoms with van der Waals surface area (Å²) in [5.41, 5.74) is -2.59. The Morgan fingerprint density at radius 3 is 2.39 bits per heavy atom. The van der Waals surface area contributed by atoms with Crippen LogP contribution in [0, 0.1) is 0 Å². The summed E-state index contributed by atoms with van der Waals surface area (Å²) < 4.78 is 64.5. The van der Waals surface area contributed by atoms with Crippen molar-refractivity contribution in [2.75, 3.05) is 0 Å². The van der Waals surface area contributed by atoms with Crippen LogP contribution in [0.1, 0.15) is 22.3 Å². The number of halogens is 6. The minimum Gasteiger partial charge on any atom is -0.478 e. The van der Waals surface area contributed by atoms with Crippen LogP contribution in [0.2, 0.25) is 5.15 Å². The Labute approximate surface area is 101 Å². The predicted molar refractivity (Wildman–Crippen MR) is 47.8 cm³/mol. The van der Waals surface area contributed by atoms with Crippen LogP contribution in [0.4, 0.5) is 22.0 Å². The van der Waals surface area contributed by atoms with Crippen LogP contribution in [0.5, 0.6) is 5.75 Å². The molecule has 1 N–H and O–H groups in total. The predicted octanol–water partition coefficient (Wildman–Crippen LogP) is 3.27. The Bertz CT molecular complexity index is 477. The van der Waals surface area contributed by atoms with Gasteiger partial charge in [-0.15, -0.1) is 13.2 Å². The van der Waals surface area contributed by atoms with Gasteiger partial charge in [-0.2, -0.15) is 0 Å². The number of rotatable bonds is 3. The Morgan fingerprint density at radius 2 is 2.00 bits per heavy atom. The van der Waals surface area contributed by atoms with Crippen molar-refractivity contribution >= 4 is 17.6 Å². The van der Waals surface area contributed by atoms with E-state index < -0.39 is 40.8 Å². The zero-order chi connectivity index (χ0) is 14.1. The number of hydrogen-bond acceptors (Lipinski definition) is 3. The van der Waals surface area contributed by atoms with Crippen molar-refractivity contribution in [3.05, 3.63) is 22.5 Å². The minimum absolute atomic E-state index is 0.426. The van der Waals surface area contributed by atoms with Crippen molar-refractivity contribution in [3.63, 3.8) is 0 Å². The first kappa shape index (κ1) is 14.4. The molecule has 0 aliphatic heterocycles. The summed E-state index contributed by atoms with van der Waals surface area (Å²) in [5.74, 6) is -3.39. The molecule has 0 aliphatic carbocycles. The molecule has 0 saturated carbocycles. The first-order chi connectivity index (χ1) is 8.13. The molecule has 100 valence electrons. The average Bonchev–Trinajstić information content (AvgIpc) is 2.17. The van der Waals surface area contributed by atoms with Gasteiger partial charge in [0, 0.05) is 6.20 Å². The zero-order valence-corrected chi connectivity index (χ0v) is 8.89. The van der Waals surface area contributed by atoms with Crippen LogP contribution < -0.4 is 4.74 Å². The van der Waals surface area contributed by atoms with E-state index in [1.807, 2.05) is 0 Å². The van der Waals surface area contributed by atoms with Crippen molar-refractivity contribution in [2.45, 2.75) is 12.8 Å². The van der Waals surface area contributed by atoms with E-state index in [1.165, 1.54) is 0 Å². The van der Waals surface area contributed by atoms with Crippen LogP contribution in [0.25, 0.3) is 0 Å². The molecule has 0 atom stereocenters. The van der Waals surface area contributed by atoms with Crippen LogP contribution in [-0.2, 0) is 0 Å². The van der Waals surface area contributed by atoms with Crippen LogP contribution in [-0.4, -0.2) is 22.4 Å². The van der Waals surface area contributed by atoms with E-state index in [-0.39, 0.29) is 0 Å². The Kier molecular flexibility index (Phi) is 3.95. The number of carboxylic acid groups (broad SMARTS) is 1. The van der Waals surface area contributed by atoms with E-state index in [0.29, 0.717) is 6.20 Å². The maximum absolute atomic E-state index is 12.6. The molecule has 0 amide bonds. The van der Waals surface area contributed by atoms with Gasteiger partial charge in [0.15, 0.2) is 10.9 Å². The van der Waals surface area contributed by atoms with Gasteiger partial charge in [0.1, 0.15) is 0 Å². The van der Waals surface area contributed by atoms with E-state index in [2.05, 4.69) is 9.72 Å². The first-order valence-corrected chi connectivity index (χ1v) is 4.47. The SMILES string of the molecule is O=C(O)c1cnc(Cl)c(OC(F)(F)F)c1C(F)F. The van der Waals surface area contributed by atoms with Gasteiger partial charge in [-0.1, -0.05) is 11.6 Å². The average molecular weight is 292 g/mol. The third-order valence-electron chi connectivity index (χ3n) is 1.70. The number of pyridine rings is 1. The molecule has 0 saturated heterocycles. The molecule has 1 aromatic rings. The largest absolute Gasteiger partial charge is 0.573 e. The molecule has 0 aromatic carbocycles. The smallest absolute Gasteiger partial charge is 0.478 e. The minimum atomic E-state index is -5.30. The van der Waals surface area contributed by atoms with Crippen LogP contribution in [0.3, 0.4) is 0 Å². The van der Waals surface area contributed by atoms with Gasteiger partial charge < -0.3 is 9.84 Å². The summed E-state index contributed by atoms with van der Waals surface area (Å²) in [6.45, 7) is 0.